The summed E-state index contributed by atoms with van der Waals surface area (Å²) in [7, 11) is 0. The van der Waals surface area contributed by atoms with Crippen molar-refractivity contribution in [2.45, 2.75) is 38.7 Å². The maximum Gasteiger partial charge on any atom is 0.165 e. The van der Waals surface area contributed by atoms with Gasteiger partial charge < -0.3 is 9.84 Å². The van der Waals surface area contributed by atoms with E-state index < -0.39 is 11.9 Å². The van der Waals surface area contributed by atoms with Crippen molar-refractivity contribution in [1.82, 2.24) is 9.78 Å². The lowest BCUT2D eigenvalue weighted by Gasteiger charge is -2.47. The normalized spacial score (nSPS) is 22.4. The van der Waals surface area contributed by atoms with E-state index in [4.69, 9.17) is 4.74 Å². The van der Waals surface area contributed by atoms with Gasteiger partial charge in [0.1, 0.15) is 12.4 Å². The lowest BCUT2D eigenvalue weighted by molar-refractivity contribution is 0.0215. The number of benzene rings is 2. The summed E-state index contributed by atoms with van der Waals surface area (Å²) in [6.07, 6.45) is 8.40. The van der Waals surface area contributed by atoms with Gasteiger partial charge in [0, 0.05) is 0 Å². The highest BCUT2D eigenvalue weighted by Gasteiger charge is 2.46. The van der Waals surface area contributed by atoms with Gasteiger partial charge in [-0.05, 0) is 90.6 Å². The summed E-state index contributed by atoms with van der Waals surface area (Å²) < 4.78 is 34.9. The minimum Gasteiger partial charge on any atom is -0.486 e. The Morgan fingerprint density at radius 3 is 2.82 bits per heavy atom. The fraction of sp³-hybridized carbons (Fsp3) is 0.321. The molecule has 1 saturated carbocycles. The smallest absolute Gasteiger partial charge is 0.165 e. The average Bonchev–Trinajstić information content (AvgIpc) is 3.23. The Labute approximate surface area is 198 Å². The largest absolute Gasteiger partial charge is 0.486 e. The molecular weight excluding hydrogens is 434 g/mol. The van der Waals surface area contributed by atoms with Crippen LogP contribution in [0, 0.1) is 23.0 Å². The summed E-state index contributed by atoms with van der Waals surface area (Å²) in [6.45, 7) is 6.02. The Hall–Kier alpha value is -3.25. The number of halogens is 2. The van der Waals surface area contributed by atoms with Crippen molar-refractivity contribution in [3.63, 3.8) is 0 Å². The zero-order valence-corrected chi connectivity index (χ0v) is 19.2. The average molecular weight is 463 g/mol. The number of aliphatic hydroxyl groups excluding tert-OH is 1. The summed E-state index contributed by atoms with van der Waals surface area (Å²) in [5.74, 6) is -0.644. The molecule has 4 nitrogen and oxygen atoms in total. The van der Waals surface area contributed by atoms with Gasteiger partial charge in [-0.1, -0.05) is 31.2 Å². The first-order valence-electron chi connectivity index (χ1n) is 11.7. The molecule has 1 N–H and O–H groups in total. The molecule has 2 aliphatic carbocycles. The molecule has 1 fully saturated rings. The Morgan fingerprint density at radius 2 is 2.06 bits per heavy atom. The lowest BCUT2D eigenvalue weighted by atomic mass is 9.57. The van der Waals surface area contributed by atoms with Crippen LogP contribution < -0.4 is 4.74 Å². The van der Waals surface area contributed by atoms with E-state index in [1.54, 1.807) is 30.3 Å². The Balaban J connectivity index is 1.47. The number of hydrogen-bond donors (Lipinski definition) is 1. The van der Waals surface area contributed by atoms with Crippen molar-refractivity contribution >= 4 is 6.08 Å². The van der Waals surface area contributed by atoms with E-state index >= 15 is 0 Å². The standard InChI is InChI=1S/C28H28F2N2O2/c1-3-13-34-26-14-18(7-12-24(26)30)27(33)23-6-4-5-20-15-25-19(16-28(20,23)2)17-31-32(25)22-10-8-21(29)9-11-22/h3,7-12,14-15,17,23,27,33H,1,4-6,13,16H2,2H3/t23-,27+,28+/m1/s1. The van der Waals surface area contributed by atoms with Crippen LogP contribution >= 0.6 is 0 Å². The van der Waals surface area contributed by atoms with E-state index in [0.29, 0.717) is 5.56 Å². The molecule has 1 heterocycles. The van der Waals surface area contributed by atoms with Gasteiger partial charge >= 0.3 is 0 Å². The van der Waals surface area contributed by atoms with Crippen LogP contribution in [0.3, 0.4) is 0 Å². The molecule has 176 valence electrons. The first-order valence-corrected chi connectivity index (χ1v) is 11.7. The van der Waals surface area contributed by atoms with Crippen LogP contribution in [0.25, 0.3) is 11.8 Å². The molecule has 3 aromatic rings. The molecule has 34 heavy (non-hydrogen) atoms. The van der Waals surface area contributed by atoms with Crippen molar-refractivity contribution in [3.05, 3.63) is 95.3 Å². The van der Waals surface area contributed by atoms with Crippen molar-refractivity contribution < 1.29 is 18.6 Å². The van der Waals surface area contributed by atoms with Crippen molar-refractivity contribution in [3.8, 4) is 11.4 Å². The fourth-order valence-electron chi connectivity index (χ4n) is 5.57. The van der Waals surface area contributed by atoms with Crippen molar-refractivity contribution in [2.24, 2.45) is 11.3 Å². The molecule has 0 amide bonds. The van der Waals surface area contributed by atoms with E-state index in [0.717, 1.165) is 42.6 Å². The quantitative estimate of drug-likeness (QED) is 0.444. The molecule has 1 aromatic heterocycles. The van der Waals surface area contributed by atoms with Gasteiger partial charge in [-0.2, -0.15) is 5.10 Å². The van der Waals surface area contributed by atoms with E-state index in [1.165, 1.54) is 23.8 Å². The van der Waals surface area contributed by atoms with Crippen molar-refractivity contribution in [1.29, 1.82) is 0 Å². The summed E-state index contributed by atoms with van der Waals surface area (Å²) in [4.78, 5) is 0. The molecule has 5 rings (SSSR count). The van der Waals surface area contributed by atoms with E-state index in [-0.39, 0.29) is 29.5 Å². The number of aliphatic hydroxyl groups is 1. The minimum absolute atomic E-state index is 0.0347. The molecule has 0 radical (unpaired) electrons. The number of fused-ring (bicyclic) bond motifs is 2. The second kappa shape index (κ2) is 8.84. The molecule has 6 heteroatoms. The molecule has 0 saturated heterocycles. The van der Waals surface area contributed by atoms with Crippen LogP contribution in [0.1, 0.15) is 49.1 Å². The van der Waals surface area contributed by atoms with Crippen LogP contribution in [-0.2, 0) is 6.42 Å². The van der Waals surface area contributed by atoms with Gasteiger partial charge in [0.05, 0.1) is 23.7 Å². The fourth-order valence-corrected chi connectivity index (χ4v) is 5.57. The van der Waals surface area contributed by atoms with Gasteiger partial charge in [0.15, 0.2) is 11.6 Å². The second-order valence-corrected chi connectivity index (χ2v) is 9.44. The van der Waals surface area contributed by atoms with Gasteiger partial charge in [0.2, 0.25) is 0 Å². The highest BCUT2D eigenvalue weighted by Crippen LogP contribution is 2.55. The topological polar surface area (TPSA) is 47.3 Å². The van der Waals surface area contributed by atoms with E-state index in [1.807, 2.05) is 10.9 Å². The Bertz CT molecular complexity index is 1250. The predicted octanol–water partition coefficient (Wildman–Crippen LogP) is 6.19. The van der Waals surface area contributed by atoms with Crippen LogP contribution in [0.4, 0.5) is 8.78 Å². The summed E-state index contributed by atoms with van der Waals surface area (Å²) in [5.41, 5.74) is 4.61. The molecule has 0 aliphatic heterocycles. The molecule has 0 unspecified atom stereocenters. The monoisotopic (exact) mass is 462 g/mol. The highest BCUT2D eigenvalue weighted by atomic mass is 19.1. The number of aromatic nitrogens is 2. The SMILES string of the molecule is C=CCOc1cc([C@H](O)[C@H]2CCCC3=Cc4c(cnn4-c4ccc(F)cc4)C[C@@]32C)ccc1F. The number of allylic oxidation sites excluding steroid dienone is 1. The first kappa shape index (κ1) is 22.5. The molecular formula is C28H28F2N2O2. The molecule has 0 bridgehead atoms. The van der Waals surface area contributed by atoms with Crippen LogP contribution in [0.2, 0.25) is 0 Å². The third kappa shape index (κ3) is 3.86. The van der Waals surface area contributed by atoms with Gasteiger partial charge in [0.25, 0.3) is 0 Å². The zero-order chi connectivity index (χ0) is 23.9. The van der Waals surface area contributed by atoms with Crippen LogP contribution in [-0.4, -0.2) is 21.5 Å². The second-order valence-electron chi connectivity index (χ2n) is 9.44. The molecule has 0 spiro atoms. The van der Waals surface area contributed by atoms with Gasteiger partial charge in [-0.15, -0.1) is 0 Å². The molecule has 2 aliphatic rings. The zero-order valence-electron chi connectivity index (χ0n) is 19.2. The van der Waals surface area contributed by atoms with Crippen molar-refractivity contribution in [2.75, 3.05) is 6.61 Å². The Kier molecular flexibility index (Phi) is 5.86. The third-order valence-corrected chi connectivity index (χ3v) is 7.37. The Morgan fingerprint density at radius 1 is 1.26 bits per heavy atom. The van der Waals surface area contributed by atoms with Crippen LogP contribution in [0.15, 0.2) is 66.9 Å². The summed E-state index contributed by atoms with van der Waals surface area (Å²) in [5, 5.41) is 16.1. The number of nitrogens with zero attached hydrogens (tertiary/aromatic N) is 2. The third-order valence-electron chi connectivity index (χ3n) is 7.37. The predicted molar refractivity (Wildman–Crippen MR) is 128 cm³/mol. The van der Waals surface area contributed by atoms with E-state index in [9.17, 15) is 13.9 Å². The maximum atomic E-state index is 14.2. The van der Waals surface area contributed by atoms with Crippen LogP contribution in [0.5, 0.6) is 5.75 Å². The maximum absolute atomic E-state index is 14.2. The minimum atomic E-state index is -0.755. The van der Waals surface area contributed by atoms with Gasteiger partial charge in [-0.25, -0.2) is 13.5 Å². The lowest BCUT2D eigenvalue weighted by Crippen LogP contribution is -2.40. The number of rotatable bonds is 6. The first-order chi connectivity index (χ1) is 16.4. The summed E-state index contributed by atoms with van der Waals surface area (Å²) in [6, 6.07) is 10.9. The van der Waals surface area contributed by atoms with E-state index in [2.05, 4.69) is 24.7 Å². The highest BCUT2D eigenvalue weighted by molar-refractivity contribution is 5.61. The summed E-state index contributed by atoms with van der Waals surface area (Å²) >= 11 is 0. The number of hydrogen-bond acceptors (Lipinski definition) is 3. The van der Waals surface area contributed by atoms with Gasteiger partial charge in [-0.3, -0.25) is 0 Å². The molecule has 2 aromatic carbocycles. The number of ether oxygens (including phenoxy) is 1. The molecule has 3 atom stereocenters.